The minimum Gasteiger partial charge on any atom is -0.350 e. The van der Waals surface area contributed by atoms with Crippen LogP contribution in [-0.4, -0.2) is 38.5 Å². The van der Waals surface area contributed by atoms with Crippen molar-refractivity contribution in [3.63, 3.8) is 0 Å². The van der Waals surface area contributed by atoms with Crippen molar-refractivity contribution in [3.8, 4) is 0 Å². The zero-order valence-electron chi connectivity index (χ0n) is 11.7. The first kappa shape index (κ1) is 16.4. The van der Waals surface area contributed by atoms with Gasteiger partial charge in [-0.2, -0.15) is 0 Å². The molecule has 126 valence electrons. The molecular formula is C10H12N4O9. The largest absolute Gasteiger partial charge is 0.350 e. The van der Waals surface area contributed by atoms with E-state index in [0.717, 1.165) is 4.57 Å². The average Bonchev–Trinajstić information content (AvgIpc) is 2.82. The highest BCUT2D eigenvalue weighted by molar-refractivity contribution is 5.02. The van der Waals surface area contributed by atoms with E-state index in [2.05, 4.69) is 14.7 Å². The third-order valence-electron chi connectivity index (χ3n) is 3.20. The van der Waals surface area contributed by atoms with E-state index in [-0.39, 0.29) is 12.0 Å². The van der Waals surface area contributed by atoms with Crippen LogP contribution in [0.3, 0.4) is 0 Å². The zero-order chi connectivity index (χ0) is 17.1. The van der Waals surface area contributed by atoms with Crippen molar-refractivity contribution in [2.75, 3.05) is 6.61 Å². The van der Waals surface area contributed by atoms with Crippen LogP contribution >= 0.6 is 0 Å². The van der Waals surface area contributed by atoms with Gasteiger partial charge in [0.2, 0.25) is 0 Å². The minimum atomic E-state index is -1.16. The van der Waals surface area contributed by atoms with Gasteiger partial charge in [-0.25, -0.2) is 4.79 Å². The number of hydrogen-bond acceptors (Lipinski definition) is 9. The van der Waals surface area contributed by atoms with Crippen LogP contribution in [0.4, 0.5) is 0 Å². The maximum Gasteiger partial charge on any atom is 0.330 e. The van der Waals surface area contributed by atoms with E-state index in [4.69, 9.17) is 4.74 Å². The van der Waals surface area contributed by atoms with Crippen molar-refractivity contribution < 1.29 is 24.6 Å². The van der Waals surface area contributed by atoms with Crippen LogP contribution in [0.1, 0.15) is 18.2 Å². The number of aryl methyl sites for hydroxylation is 1. The average molecular weight is 332 g/mol. The summed E-state index contributed by atoms with van der Waals surface area (Å²) in [5.41, 5.74) is -1.12. The first-order valence-corrected chi connectivity index (χ1v) is 6.34. The molecular weight excluding hydrogens is 320 g/mol. The Hall–Kier alpha value is -2.96. The molecule has 1 saturated heterocycles. The van der Waals surface area contributed by atoms with Gasteiger partial charge in [-0.05, 0) is 6.92 Å². The summed E-state index contributed by atoms with van der Waals surface area (Å²) in [4.78, 5) is 54.5. The first-order chi connectivity index (χ1) is 10.8. The molecule has 0 aromatic carbocycles. The predicted molar refractivity (Wildman–Crippen MR) is 69.4 cm³/mol. The maximum atomic E-state index is 11.8. The van der Waals surface area contributed by atoms with Crippen molar-refractivity contribution in [1.29, 1.82) is 0 Å². The molecule has 13 heteroatoms. The van der Waals surface area contributed by atoms with Crippen molar-refractivity contribution in [2.24, 2.45) is 0 Å². The molecule has 23 heavy (non-hydrogen) atoms. The van der Waals surface area contributed by atoms with Gasteiger partial charge in [-0.1, -0.05) is 0 Å². The summed E-state index contributed by atoms with van der Waals surface area (Å²) in [6.07, 6.45) is -2.18. The number of nitrogens with zero attached hydrogens (tertiary/aromatic N) is 3. The second-order valence-corrected chi connectivity index (χ2v) is 4.73. The van der Waals surface area contributed by atoms with E-state index < -0.39 is 46.5 Å². The zero-order valence-corrected chi connectivity index (χ0v) is 11.7. The number of H-pyrrole nitrogens is 1. The Kier molecular flexibility index (Phi) is 4.59. The van der Waals surface area contributed by atoms with Crippen LogP contribution in [0, 0.1) is 27.2 Å². The van der Waals surface area contributed by atoms with Gasteiger partial charge in [0.05, 0.1) is 0 Å². The quantitative estimate of drug-likeness (QED) is 0.502. The smallest absolute Gasteiger partial charge is 0.330 e. The topological polar surface area (TPSA) is 169 Å². The lowest BCUT2D eigenvalue weighted by Gasteiger charge is -2.16. The molecule has 13 nitrogen and oxygen atoms in total. The Bertz CT molecular complexity index is 726. The molecule has 0 radical (unpaired) electrons. The molecule has 0 aliphatic carbocycles. The summed E-state index contributed by atoms with van der Waals surface area (Å²) in [5, 5.41) is 18.6. The van der Waals surface area contributed by atoms with E-state index in [1.165, 1.54) is 13.1 Å². The van der Waals surface area contributed by atoms with Crippen LogP contribution in [0.25, 0.3) is 0 Å². The summed E-state index contributed by atoms with van der Waals surface area (Å²) >= 11 is 0. The third kappa shape index (κ3) is 3.82. The van der Waals surface area contributed by atoms with Gasteiger partial charge in [0.15, 0.2) is 0 Å². The molecule has 2 rings (SSSR count). The van der Waals surface area contributed by atoms with Crippen LogP contribution in [-0.2, 0) is 14.4 Å². The van der Waals surface area contributed by atoms with Crippen molar-refractivity contribution in [2.45, 2.75) is 31.8 Å². The fourth-order valence-corrected chi connectivity index (χ4v) is 2.18. The number of ether oxygens (including phenoxy) is 1. The molecule has 1 unspecified atom stereocenters. The lowest BCUT2D eigenvalue weighted by atomic mass is 10.2. The third-order valence-corrected chi connectivity index (χ3v) is 3.20. The normalized spacial score (nSPS) is 23.4. The summed E-state index contributed by atoms with van der Waals surface area (Å²) in [5.74, 6) is 0. The van der Waals surface area contributed by atoms with E-state index in [0.29, 0.717) is 0 Å². The molecule has 3 atom stereocenters. The summed E-state index contributed by atoms with van der Waals surface area (Å²) in [6.45, 7) is 0.862. The van der Waals surface area contributed by atoms with Crippen molar-refractivity contribution >= 4 is 0 Å². The Morgan fingerprint density at radius 2 is 2.09 bits per heavy atom. The Morgan fingerprint density at radius 3 is 2.70 bits per heavy atom. The molecule has 1 fully saturated rings. The van der Waals surface area contributed by atoms with Gasteiger partial charge in [-0.3, -0.25) is 14.3 Å². The van der Waals surface area contributed by atoms with E-state index in [9.17, 15) is 29.8 Å². The Labute approximate surface area is 126 Å². The van der Waals surface area contributed by atoms with Gasteiger partial charge < -0.3 is 14.4 Å². The second kappa shape index (κ2) is 6.43. The van der Waals surface area contributed by atoms with Gasteiger partial charge in [0.25, 0.3) is 15.7 Å². The van der Waals surface area contributed by atoms with Gasteiger partial charge in [0.1, 0.15) is 25.0 Å². The van der Waals surface area contributed by atoms with Crippen molar-refractivity contribution in [1.82, 2.24) is 9.55 Å². The number of rotatable bonds is 6. The van der Waals surface area contributed by atoms with E-state index >= 15 is 0 Å². The monoisotopic (exact) mass is 332 g/mol. The number of aromatic amines is 1. The van der Waals surface area contributed by atoms with Gasteiger partial charge in [0, 0.05) is 18.2 Å². The summed E-state index contributed by atoms with van der Waals surface area (Å²) in [6, 6.07) is 0. The summed E-state index contributed by atoms with van der Waals surface area (Å²) in [7, 11) is 0. The van der Waals surface area contributed by atoms with Crippen LogP contribution in [0.2, 0.25) is 0 Å². The molecule has 2 heterocycles. The molecule has 1 aliphatic heterocycles. The van der Waals surface area contributed by atoms with Crippen molar-refractivity contribution in [3.05, 3.63) is 52.8 Å². The molecule has 1 aromatic heterocycles. The molecule has 1 aliphatic rings. The van der Waals surface area contributed by atoms with Crippen LogP contribution in [0.5, 0.6) is 0 Å². The standard InChI is InChI=1S/C10H12N4O9/c1-5-3-12(10(16)11-9(5)15)8-2-6(23-14(19)20)7(22-8)4-21-13(17)18/h3,6-8H,2,4H2,1H3,(H,11,15,16)/t6?,7-,8-/m1/s1. The molecule has 0 spiro atoms. The fraction of sp³-hybridized carbons (Fsp3) is 0.600. The SMILES string of the molecule is Cc1cn([C@H]2CC(O[N+](=O)[O-])[C@@H](CO[N+](=O)[O-])O2)c(=O)[nH]c1=O. The van der Waals surface area contributed by atoms with E-state index in [1.807, 2.05) is 0 Å². The first-order valence-electron chi connectivity index (χ1n) is 6.34. The van der Waals surface area contributed by atoms with Crippen LogP contribution in [0.15, 0.2) is 15.8 Å². The lowest BCUT2D eigenvalue weighted by molar-refractivity contribution is -0.775. The number of aromatic nitrogens is 2. The second-order valence-electron chi connectivity index (χ2n) is 4.73. The molecule has 0 amide bonds. The number of hydrogen-bond donors (Lipinski definition) is 1. The Balaban J connectivity index is 2.23. The highest BCUT2D eigenvalue weighted by atomic mass is 17.0. The van der Waals surface area contributed by atoms with Gasteiger partial charge >= 0.3 is 5.69 Å². The number of nitrogens with one attached hydrogen (secondary N) is 1. The molecule has 1 aromatic rings. The highest BCUT2D eigenvalue weighted by Crippen LogP contribution is 2.30. The lowest BCUT2D eigenvalue weighted by Crippen LogP contribution is -2.33. The predicted octanol–water partition coefficient (Wildman–Crippen LogP) is -1.08. The van der Waals surface area contributed by atoms with Gasteiger partial charge in [-0.15, -0.1) is 20.2 Å². The molecule has 0 saturated carbocycles. The maximum absolute atomic E-state index is 11.8. The molecule has 1 N–H and O–H groups in total. The minimum absolute atomic E-state index is 0.127. The highest BCUT2D eigenvalue weighted by Gasteiger charge is 2.40. The van der Waals surface area contributed by atoms with E-state index in [1.54, 1.807) is 0 Å². The molecule has 0 bridgehead atoms. The van der Waals surface area contributed by atoms with Crippen LogP contribution < -0.4 is 11.2 Å². The Morgan fingerprint density at radius 1 is 1.39 bits per heavy atom. The fourth-order valence-electron chi connectivity index (χ4n) is 2.18. The summed E-state index contributed by atoms with van der Waals surface area (Å²) < 4.78 is 6.40.